The van der Waals surface area contributed by atoms with Crippen LogP contribution in [0.25, 0.3) is 22.6 Å². The van der Waals surface area contributed by atoms with Crippen LogP contribution >= 0.6 is 39.5 Å². The van der Waals surface area contributed by atoms with E-state index in [9.17, 15) is 9.18 Å². The van der Waals surface area contributed by atoms with Gasteiger partial charge in [-0.05, 0) is 58.2 Å². The molecule has 0 atom stereocenters. The van der Waals surface area contributed by atoms with E-state index in [1.165, 1.54) is 18.0 Å². The SMILES string of the molecule is O=CNCCNSc1cc(-c2ncc(-c3ccc(Br)c(F)c3)[nH]2)ccc1Cl. The van der Waals surface area contributed by atoms with Crippen molar-refractivity contribution in [3.05, 3.63) is 57.9 Å². The molecule has 1 heterocycles. The number of hydrogen-bond donors (Lipinski definition) is 3. The van der Waals surface area contributed by atoms with Crippen LogP contribution in [0.15, 0.2) is 52.0 Å². The van der Waals surface area contributed by atoms with Crippen LogP contribution in [0.3, 0.4) is 0 Å². The molecule has 140 valence electrons. The predicted molar refractivity (Wildman–Crippen MR) is 110 cm³/mol. The van der Waals surface area contributed by atoms with Gasteiger partial charge in [-0.2, -0.15) is 0 Å². The molecule has 5 nitrogen and oxygen atoms in total. The molecule has 27 heavy (non-hydrogen) atoms. The van der Waals surface area contributed by atoms with E-state index in [0.717, 1.165) is 16.2 Å². The van der Waals surface area contributed by atoms with Crippen LogP contribution in [-0.4, -0.2) is 29.5 Å². The number of imidazole rings is 1. The van der Waals surface area contributed by atoms with Crippen molar-refractivity contribution in [2.24, 2.45) is 0 Å². The van der Waals surface area contributed by atoms with Crippen LogP contribution in [0.5, 0.6) is 0 Å². The fourth-order valence-electron chi connectivity index (χ4n) is 2.32. The Kier molecular flexibility index (Phi) is 6.89. The maximum atomic E-state index is 13.8. The van der Waals surface area contributed by atoms with E-state index in [1.54, 1.807) is 18.3 Å². The lowest BCUT2D eigenvalue weighted by Gasteiger charge is -2.07. The van der Waals surface area contributed by atoms with Gasteiger partial charge in [-0.3, -0.25) is 9.52 Å². The second kappa shape index (κ2) is 9.36. The Hall–Kier alpha value is -1.87. The zero-order valence-corrected chi connectivity index (χ0v) is 17.1. The Morgan fingerprint density at radius 1 is 1.22 bits per heavy atom. The molecule has 3 rings (SSSR count). The number of benzene rings is 2. The number of H-pyrrole nitrogens is 1. The molecule has 0 aliphatic heterocycles. The molecule has 3 aromatic rings. The summed E-state index contributed by atoms with van der Waals surface area (Å²) in [7, 11) is 0. The van der Waals surface area contributed by atoms with Crippen LogP contribution < -0.4 is 10.0 Å². The summed E-state index contributed by atoms with van der Waals surface area (Å²) in [5.41, 5.74) is 2.29. The lowest BCUT2D eigenvalue weighted by molar-refractivity contribution is -0.109. The van der Waals surface area contributed by atoms with E-state index in [0.29, 0.717) is 40.4 Å². The van der Waals surface area contributed by atoms with Crippen molar-refractivity contribution in [3.63, 3.8) is 0 Å². The zero-order chi connectivity index (χ0) is 19.2. The highest BCUT2D eigenvalue weighted by atomic mass is 79.9. The number of halogens is 3. The number of aromatic amines is 1. The van der Waals surface area contributed by atoms with Crippen LogP contribution in [-0.2, 0) is 4.79 Å². The third-order valence-electron chi connectivity index (χ3n) is 3.65. The van der Waals surface area contributed by atoms with Gasteiger partial charge in [-0.25, -0.2) is 9.37 Å². The number of carbonyl (C=O) groups excluding carboxylic acids is 1. The molecule has 2 aromatic carbocycles. The summed E-state index contributed by atoms with van der Waals surface area (Å²) in [5, 5.41) is 3.19. The molecule has 0 saturated carbocycles. The number of hydrogen-bond acceptors (Lipinski definition) is 4. The topological polar surface area (TPSA) is 69.8 Å². The average molecular weight is 470 g/mol. The number of aromatic nitrogens is 2. The van der Waals surface area contributed by atoms with Crippen molar-refractivity contribution in [1.29, 1.82) is 0 Å². The van der Waals surface area contributed by atoms with Crippen molar-refractivity contribution in [2.45, 2.75) is 4.90 Å². The molecular weight excluding hydrogens is 455 g/mol. The van der Waals surface area contributed by atoms with Crippen molar-refractivity contribution in [2.75, 3.05) is 13.1 Å². The quantitative estimate of drug-likeness (QED) is 0.255. The molecule has 0 aliphatic rings. The first kappa shape index (κ1) is 19.9. The molecule has 0 radical (unpaired) electrons. The molecule has 0 aliphatic carbocycles. The van der Waals surface area contributed by atoms with Crippen molar-refractivity contribution < 1.29 is 9.18 Å². The van der Waals surface area contributed by atoms with E-state index in [-0.39, 0.29) is 5.82 Å². The summed E-state index contributed by atoms with van der Waals surface area (Å²) in [6, 6.07) is 10.5. The monoisotopic (exact) mass is 468 g/mol. The van der Waals surface area contributed by atoms with Gasteiger partial charge in [0.15, 0.2) is 0 Å². The van der Waals surface area contributed by atoms with Gasteiger partial charge >= 0.3 is 0 Å². The van der Waals surface area contributed by atoms with Crippen LogP contribution in [0.1, 0.15) is 0 Å². The van der Waals surface area contributed by atoms with Gasteiger partial charge in [0.2, 0.25) is 6.41 Å². The molecule has 1 amide bonds. The van der Waals surface area contributed by atoms with E-state index in [1.807, 2.05) is 18.2 Å². The van der Waals surface area contributed by atoms with Crippen molar-refractivity contribution >= 4 is 45.9 Å². The third-order valence-corrected chi connectivity index (χ3v) is 5.64. The second-order valence-corrected chi connectivity index (χ2v) is 7.68. The minimum absolute atomic E-state index is 0.330. The van der Waals surface area contributed by atoms with Crippen molar-refractivity contribution in [1.82, 2.24) is 20.0 Å². The summed E-state index contributed by atoms with van der Waals surface area (Å²) in [6.45, 7) is 1.13. The lowest BCUT2D eigenvalue weighted by atomic mass is 10.2. The Morgan fingerprint density at radius 2 is 2.04 bits per heavy atom. The number of amides is 1. The summed E-state index contributed by atoms with van der Waals surface area (Å²) in [4.78, 5) is 18.7. The van der Waals surface area contributed by atoms with Gasteiger partial charge in [-0.15, -0.1) is 0 Å². The first-order valence-corrected chi connectivity index (χ1v) is 9.94. The van der Waals surface area contributed by atoms with Gasteiger partial charge in [-0.1, -0.05) is 17.7 Å². The van der Waals surface area contributed by atoms with Gasteiger partial charge in [0.25, 0.3) is 0 Å². The number of nitrogens with zero attached hydrogens (tertiary/aromatic N) is 1. The van der Waals surface area contributed by atoms with Gasteiger partial charge in [0.05, 0.1) is 21.4 Å². The van der Waals surface area contributed by atoms with Gasteiger partial charge in [0, 0.05) is 29.1 Å². The highest BCUT2D eigenvalue weighted by Crippen LogP contribution is 2.31. The minimum Gasteiger partial charge on any atom is -0.357 e. The van der Waals surface area contributed by atoms with E-state index < -0.39 is 0 Å². The van der Waals surface area contributed by atoms with E-state index in [2.05, 4.69) is 35.9 Å². The minimum atomic E-state index is -0.330. The smallest absolute Gasteiger partial charge is 0.207 e. The summed E-state index contributed by atoms with van der Waals surface area (Å²) < 4.78 is 17.3. The summed E-state index contributed by atoms with van der Waals surface area (Å²) in [6.07, 6.45) is 2.33. The van der Waals surface area contributed by atoms with E-state index in [4.69, 9.17) is 11.6 Å². The molecule has 0 bridgehead atoms. The Morgan fingerprint density at radius 3 is 2.81 bits per heavy atom. The highest BCUT2D eigenvalue weighted by molar-refractivity contribution is 9.10. The second-order valence-electron chi connectivity index (χ2n) is 5.49. The fraction of sp³-hybridized carbons (Fsp3) is 0.111. The molecule has 3 N–H and O–H groups in total. The standard InChI is InChI=1S/C18H15BrClFN4OS/c19-13-3-1-11(7-15(13)21)16-9-23-18(25-16)12-2-4-14(20)17(8-12)27-24-6-5-22-10-26/h1-4,7-10,24H,5-6H2,(H,22,26)(H,23,25). The molecular formula is C18H15BrClFN4OS. The van der Waals surface area contributed by atoms with Gasteiger partial charge < -0.3 is 10.3 Å². The van der Waals surface area contributed by atoms with Crippen LogP contribution in [0.4, 0.5) is 4.39 Å². The maximum Gasteiger partial charge on any atom is 0.207 e. The molecule has 0 saturated heterocycles. The van der Waals surface area contributed by atoms with Crippen LogP contribution in [0.2, 0.25) is 5.02 Å². The Balaban J connectivity index is 1.76. The molecule has 1 aromatic heterocycles. The largest absolute Gasteiger partial charge is 0.357 e. The normalized spacial score (nSPS) is 10.8. The maximum absolute atomic E-state index is 13.8. The fourth-order valence-corrected chi connectivity index (χ4v) is 3.51. The molecule has 0 spiro atoms. The zero-order valence-electron chi connectivity index (χ0n) is 13.9. The number of carbonyl (C=O) groups is 1. The van der Waals surface area contributed by atoms with E-state index >= 15 is 0 Å². The molecule has 9 heteroatoms. The Labute approximate surface area is 173 Å². The molecule has 0 fully saturated rings. The lowest BCUT2D eigenvalue weighted by Crippen LogP contribution is -2.22. The first-order valence-electron chi connectivity index (χ1n) is 7.95. The Bertz CT molecular complexity index is 953. The number of rotatable bonds is 8. The summed E-state index contributed by atoms with van der Waals surface area (Å²) >= 11 is 10.8. The predicted octanol–water partition coefficient (Wildman–Crippen LogP) is 4.64. The van der Waals surface area contributed by atoms with Crippen molar-refractivity contribution in [3.8, 4) is 22.6 Å². The highest BCUT2D eigenvalue weighted by Gasteiger charge is 2.10. The van der Waals surface area contributed by atoms with Crippen LogP contribution in [0, 0.1) is 5.82 Å². The first-order chi connectivity index (χ1) is 13.1. The molecule has 0 unspecified atom stereocenters. The van der Waals surface area contributed by atoms with Gasteiger partial charge in [0.1, 0.15) is 11.6 Å². The average Bonchev–Trinajstić information content (AvgIpc) is 3.15. The number of nitrogens with one attached hydrogen (secondary N) is 3. The third kappa shape index (κ3) is 5.10. The summed E-state index contributed by atoms with van der Waals surface area (Å²) in [5.74, 6) is 0.332.